The average Bonchev–Trinajstić information content (AvgIpc) is 2.79. The first kappa shape index (κ1) is 21.8. The van der Waals surface area contributed by atoms with Crippen molar-refractivity contribution in [3.63, 3.8) is 0 Å². The number of hydrogen-bond donors (Lipinski definition) is 3. The summed E-state index contributed by atoms with van der Waals surface area (Å²) in [7, 11) is 0. The van der Waals surface area contributed by atoms with Crippen molar-refractivity contribution in [1.29, 1.82) is 0 Å². The number of benzene rings is 3. The highest BCUT2D eigenvalue weighted by atomic mass is 19.4. The molecule has 33 heavy (non-hydrogen) atoms. The van der Waals surface area contributed by atoms with Gasteiger partial charge in [0, 0.05) is 11.3 Å². The number of H-pyrrole nitrogens is 1. The summed E-state index contributed by atoms with van der Waals surface area (Å²) in [4.78, 5) is 31.4. The number of amides is 1. The molecule has 0 bridgehead atoms. The van der Waals surface area contributed by atoms with Crippen LogP contribution in [0.5, 0.6) is 0 Å². The summed E-state index contributed by atoms with van der Waals surface area (Å²) in [5, 5.41) is 7.15. The predicted octanol–water partition coefficient (Wildman–Crippen LogP) is 4.45. The van der Waals surface area contributed by atoms with Gasteiger partial charge in [0.1, 0.15) is 0 Å². The molecule has 4 rings (SSSR count). The van der Waals surface area contributed by atoms with Gasteiger partial charge in [-0.3, -0.25) is 14.6 Å². The topological polar surface area (TPSA) is 99.2 Å². The van der Waals surface area contributed by atoms with Crippen LogP contribution in [0.3, 0.4) is 0 Å². The Hall–Kier alpha value is -4.47. The largest absolute Gasteiger partial charge is 0.416 e. The van der Waals surface area contributed by atoms with E-state index in [0.29, 0.717) is 16.6 Å². The number of hydrazone groups is 1. The highest BCUT2D eigenvalue weighted by Crippen LogP contribution is 2.29. The summed E-state index contributed by atoms with van der Waals surface area (Å²) >= 11 is 0. The minimum absolute atomic E-state index is 0.196. The lowest BCUT2D eigenvalue weighted by Crippen LogP contribution is -2.17. The van der Waals surface area contributed by atoms with E-state index in [1.165, 1.54) is 24.3 Å². The summed E-state index contributed by atoms with van der Waals surface area (Å²) in [6.45, 7) is 0. The molecule has 1 heterocycles. The van der Waals surface area contributed by atoms with Gasteiger partial charge >= 0.3 is 6.18 Å². The van der Waals surface area contributed by atoms with Gasteiger partial charge in [-0.2, -0.15) is 18.3 Å². The van der Waals surface area contributed by atoms with Crippen molar-refractivity contribution >= 4 is 34.7 Å². The van der Waals surface area contributed by atoms with Gasteiger partial charge in [-0.25, -0.2) is 10.4 Å². The van der Waals surface area contributed by atoms with Crippen molar-refractivity contribution in [2.75, 3.05) is 5.32 Å². The number of halogens is 3. The van der Waals surface area contributed by atoms with Crippen LogP contribution < -0.4 is 16.3 Å². The van der Waals surface area contributed by atoms with E-state index in [-0.39, 0.29) is 22.6 Å². The normalized spacial score (nSPS) is 11.6. The molecule has 0 fully saturated rings. The summed E-state index contributed by atoms with van der Waals surface area (Å²) in [5.41, 5.74) is 2.79. The molecule has 3 aromatic carbocycles. The van der Waals surface area contributed by atoms with Gasteiger partial charge in [0.2, 0.25) is 5.95 Å². The Morgan fingerprint density at radius 1 is 1.00 bits per heavy atom. The number of carbonyl (C=O) groups is 1. The first-order valence-electron chi connectivity index (χ1n) is 9.66. The molecule has 0 radical (unpaired) electrons. The van der Waals surface area contributed by atoms with Crippen LogP contribution in [0.4, 0.5) is 24.8 Å². The zero-order valence-electron chi connectivity index (χ0n) is 16.9. The van der Waals surface area contributed by atoms with Gasteiger partial charge < -0.3 is 5.32 Å². The first-order valence-corrected chi connectivity index (χ1v) is 9.66. The molecule has 0 atom stereocenters. The Morgan fingerprint density at radius 3 is 2.52 bits per heavy atom. The van der Waals surface area contributed by atoms with Crippen LogP contribution in [0.1, 0.15) is 21.5 Å². The lowest BCUT2D eigenvalue weighted by atomic mass is 10.1. The van der Waals surface area contributed by atoms with E-state index in [4.69, 9.17) is 0 Å². The fourth-order valence-electron chi connectivity index (χ4n) is 3.01. The van der Waals surface area contributed by atoms with Crippen molar-refractivity contribution in [2.45, 2.75) is 6.18 Å². The van der Waals surface area contributed by atoms with Crippen LogP contribution in [0, 0.1) is 0 Å². The zero-order chi connectivity index (χ0) is 23.4. The number of carbonyl (C=O) groups excluding carboxylic acids is 1. The first-order chi connectivity index (χ1) is 15.8. The van der Waals surface area contributed by atoms with Crippen LogP contribution >= 0.6 is 0 Å². The smallest absolute Gasteiger partial charge is 0.326 e. The second-order valence-electron chi connectivity index (χ2n) is 6.96. The SMILES string of the molecule is O=C(N/N=C\c1cccc(C(F)(F)F)c1)c1ccc(Nc2nc3ccccc3c(=O)[nH]2)cc1. The number of nitrogens with zero attached hydrogens (tertiary/aromatic N) is 2. The van der Waals surface area contributed by atoms with E-state index in [9.17, 15) is 22.8 Å². The molecule has 0 aliphatic heterocycles. The van der Waals surface area contributed by atoms with Gasteiger partial charge in [-0.1, -0.05) is 24.3 Å². The lowest BCUT2D eigenvalue weighted by Gasteiger charge is -2.07. The average molecular weight is 451 g/mol. The lowest BCUT2D eigenvalue weighted by molar-refractivity contribution is -0.137. The second-order valence-corrected chi connectivity index (χ2v) is 6.96. The number of rotatable bonds is 5. The van der Waals surface area contributed by atoms with Gasteiger partial charge in [0.25, 0.3) is 11.5 Å². The third kappa shape index (κ3) is 5.24. The number of aromatic amines is 1. The molecule has 4 aromatic rings. The number of alkyl halides is 3. The van der Waals surface area contributed by atoms with E-state index < -0.39 is 17.6 Å². The quantitative estimate of drug-likeness (QED) is 0.308. The highest BCUT2D eigenvalue weighted by molar-refractivity contribution is 5.95. The number of nitrogens with one attached hydrogen (secondary N) is 3. The Bertz CT molecular complexity index is 1400. The molecule has 10 heteroatoms. The van der Waals surface area contributed by atoms with Crippen molar-refractivity contribution < 1.29 is 18.0 Å². The molecule has 1 amide bonds. The summed E-state index contributed by atoms with van der Waals surface area (Å²) in [6.07, 6.45) is -3.33. The maximum absolute atomic E-state index is 12.8. The van der Waals surface area contributed by atoms with Gasteiger partial charge in [0.15, 0.2) is 0 Å². The molecular formula is C23H16F3N5O2. The Labute approximate surface area is 185 Å². The number of para-hydroxylation sites is 1. The van der Waals surface area contributed by atoms with E-state index in [1.54, 1.807) is 36.4 Å². The Kier molecular flexibility index (Phi) is 5.90. The summed E-state index contributed by atoms with van der Waals surface area (Å²) < 4.78 is 38.3. The molecule has 0 saturated carbocycles. The van der Waals surface area contributed by atoms with Gasteiger partial charge in [-0.05, 0) is 54.1 Å². The molecule has 1 aromatic heterocycles. The van der Waals surface area contributed by atoms with Crippen LogP contribution in [-0.4, -0.2) is 22.1 Å². The Morgan fingerprint density at radius 2 is 1.76 bits per heavy atom. The molecule has 0 spiro atoms. The molecule has 3 N–H and O–H groups in total. The van der Waals surface area contributed by atoms with Crippen LogP contribution in [-0.2, 0) is 6.18 Å². The van der Waals surface area contributed by atoms with Crippen molar-refractivity contribution in [2.24, 2.45) is 5.10 Å². The predicted molar refractivity (Wildman–Crippen MR) is 119 cm³/mol. The third-order valence-corrected chi connectivity index (χ3v) is 4.62. The molecule has 0 unspecified atom stereocenters. The molecular weight excluding hydrogens is 435 g/mol. The molecule has 0 aliphatic carbocycles. The Balaban J connectivity index is 1.40. The number of aromatic nitrogens is 2. The number of fused-ring (bicyclic) bond motifs is 1. The van der Waals surface area contributed by atoms with E-state index >= 15 is 0 Å². The standard InChI is InChI=1S/C23H16F3N5O2/c24-23(25,26)16-5-3-4-14(12-16)13-27-31-20(32)15-8-10-17(11-9-15)28-22-29-19-7-2-1-6-18(19)21(33)30-22/h1-13H,(H,31,32)(H2,28,29,30,33)/b27-13-. The van der Waals surface area contributed by atoms with Gasteiger partial charge in [0.05, 0.1) is 22.7 Å². The van der Waals surface area contributed by atoms with E-state index in [1.807, 2.05) is 0 Å². The maximum atomic E-state index is 12.8. The summed E-state index contributed by atoms with van der Waals surface area (Å²) in [5.74, 6) is -0.288. The minimum atomic E-state index is -4.46. The van der Waals surface area contributed by atoms with Crippen LogP contribution in [0.25, 0.3) is 10.9 Å². The highest BCUT2D eigenvalue weighted by Gasteiger charge is 2.30. The minimum Gasteiger partial charge on any atom is -0.326 e. The summed E-state index contributed by atoms with van der Waals surface area (Å²) in [6, 6.07) is 17.8. The van der Waals surface area contributed by atoms with Crippen LogP contribution in [0.15, 0.2) is 82.7 Å². The fourth-order valence-corrected chi connectivity index (χ4v) is 3.01. The fraction of sp³-hybridized carbons (Fsp3) is 0.0435. The molecule has 0 saturated heterocycles. The van der Waals surface area contributed by atoms with Crippen molar-refractivity contribution in [3.05, 3.63) is 99.8 Å². The molecule has 7 nitrogen and oxygen atoms in total. The third-order valence-electron chi connectivity index (χ3n) is 4.62. The molecule has 0 aliphatic rings. The second kappa shape index (κ2) is 8.95. The molecule has 166 valence electrons. The monoisotopic (exact) mass is 451 g/mol. The van der Waals surface area contributed by atoms with Crippen LogP contribution in [0.2, 0.25) is 0 Å². The van der Waals surface area contributed by atoms with Gasteiger partial charge in [-0.15, -0.1) is 0 Å². The van der Waals surface area contributed by atoms with E-state index in [2.05, 4.69) is 25.8 Å². The maximum Gasteiger partial charge on any atom is 0.416 e. The van der Waals surface area contributed by atoms with Crippen molar-refractivity contribution in [1.82, 2.24) is 15.4 Å². The zero-order valence-corrected chi connectivity index (χ0v) is 16.9. The van der Waals surface area contributed by atoms with E-state index in [0.717, 1.165) is 18.3 Å². The van der Waals surface area contributed by atoms with Crippen molar-refractivity contribution in [3.8, 4) is 0 Å². The number of anilines is 2. The number of hydrogen-bond acceptors (Lipinski definition) is 5.